The van der Waals surface area contributed by atoms with Crippen LogP contribution >= 0.6 is 11.6 Å². The molecule has 1 heterocycles. The van der Waals surface area contributed by atoms with E-state index >= 15 is 0 Å². The highest BCUT2D eigenvalue weighted by atomic mass is 35.5. The third-order valence-electron chi connectivity index (χ3n) is 4.13. The van der Waals surface area contributed by atoms with Crippen molar-refractivity contribution < 1.29 is 9.59 Å². The molecule has 0 aliphatic carbocycles. The molecule has 23 heavy (non-hydrogen) atoms. The van der Waals surface area contributed by atoms with Crippen LogP contribution in [0.1, 0.15) is 39.2 Å². The van der Waals surface area contributed by atoms with Gasteiger partial charge in [0.1, 0.15) is 0 Å². The number of rotatable bonds is 3. The maximum Gasteiger partial charge on any atom is 0.227 e. The Labute approximate surface area is 143 Å². The zero-order valence-electron chi connectivity index (χ0n) is 14.1. The number of halogens is 1. The molecule has 1 aromatic rings. The normalized spacial score (nSPS) is 18.6. The number of hydrogen-bond acceptors (Lipinski definition) is 2. The summed E-state index contributed by atoms with van der Waals surface area (Å²) in [5.74, 6) is -0.0324. The van der Waals surface area contributed by atoms with Gasteiger partial charge in [0.15, 0.2) is 0 Å². The maximum atomic E-state index is 12.4. The summed E-state index contributed by atoms with van der Waals surface area (Å²) in [4.78, 5) is 26.6. The van der Waals surface area contributed by atoms with E-state index < -0.39 is 5.41 Å². The van der Waals surface area contributed by atoms with E-state index in [1.165, 1.54) is 0 Å². The average Bonchev–Trinajstić information content (AvgIpc) is 2.52. The van der Waals surface area contributed by atoms with Gasteiger partial charge in [-0.3, -0.25) is 9.59 Å². The quantitative estimate of drug-likeness (QED) is 0.921. The number of carbonyl (C=O) groups is 2. The van der Waals surface area contributed by atoms with E-state index in [0.29, 0.717) is 18.1 Å². The van der Waals surface area contributed by atoms with Gasteiger partial charge in [-0.25, -0.2) is 0 Å². The van der Waals surface area contributed by atoms with Crippen LogP contribution in [0.4, 0.5) is 0 Å². The predicted octanol–water partition coefficient (Wildman–Crippen LogP) is 3.24. The highest BCUT2D eigenvalue weighted by Crippen LogP contribution is 2.24. The van der Waals surface area contributed by atoms with Crippen LogP contribution in [0.2, 0.25) is 5.02 Å². The van der Waals surface area contributed by atoms with E-state index in [-0.39, 0.29) is 17.7 Å². The number of hydrogen-bond donors (Lipinski definition) is 1. The minimum atomic E-state index is -0.407. The number of likely N-dealkylation sites (tertiary alicyclic amines) is 1. The molecule has 1 saturated heterocycles. The van der Waals surface area contributed by atoms with Crippen molar-refractivity contribution in [2.75, 3.05) is 13.1 Å². The van der Waals surface area contributed by atoms with Gasteiger partial charge >= 0.3 is 0 Å². The summed E-state index contributed by atoms with van der Waals surface area (Å²) >= 11 is 6.10. The van der Waals surface area contributed by atoms with Gasteiger partial charge < -0.3 is 10.2 Å². The lowest BCUT2D eigenvalue weighted by molar-refractivity contribution is -0.142. The molecule has 126 valence electrons. The highest BCUT2D eigenvalue weighted by Gasteiger charge is 2.33. The standard InChI is InChI=1S/C18H25ClN2O2/c1-18(2,3)17(23)21-10-6-8-14(12-21)16(22)20-11-13-7-4-5-9-15(13)19/h4-5,7,9,14H,6,8,10-12H2,1-3H3,(H,20,22)/t14-/m1/s1. The molecule has 1 N–H and O–H groups in total. The number of amides is 2. The zero-order chi connectivity index (χ0) is 17.0. The third kappa shape index (κ3) is 4.71. The molecule has 0 spiro atoms. The van der Waals surface area contributed by atoms with Crippen LogP contribution in [0, 0.1) is 11.3 Å². The molecule has 5 heteroatoms. The predicted molar refractivity (Wildman–Crippen MR) is 92.1 cm³/mol. The molecule has 1 atom stereocenters. The number of benzene rings is 1. The van der Waals surface area contributed by atoms with E-state index in [4.69, 9.17) is 11.6 Å². The lowest BCUT2D eigenvalue weighted by Crippen LogP contribution is -2.48. The van der Waals surface area contributed by atoms with Gasteiger partial charge in [0, 0.05) is 30.1 Å². The summed E-state index contributed by atoms with van der Waals surface area (Å²) in [6.45, 7) is 7.40. The van der Waals surface area contributed by atoms with Crippen LogP contribution < -0.4 is 5.32 Å². The zero-order valence-corrected chi connectivity index (χ0v) is 14.8. The Morgan fingerprint density at radius 2 is 2.00 bits per heavy atom. The Bertz CT molecular complexity index is 581. The van der Waals surface area contributed by atoms with E-state index in [1.807, 2.05) is 49.9 Å². The lowest BCUT2D eigenvalue weighted by Gasteiger charge is -2.35. The molecule has 1 aliphatic heterocycles. The molecule has 4 nitrogen and oxygen atoms in total. The van der Waals surface area contributed by atoms with Crippen molar-refractivity contribution >= 4 is 23.4 Å². The molecular weight excluding hydrogens is 312 g/mol. The second kappa shape index (κ2) is 7.35. The van der Waals surface area contributed by atoms with E-state index in [9.17, 15) is 9.59 Å². The fourth-order valence-electron chi connectivity index (χ4n) is 2.82. The molecule has 0 radical (unpaired) electrons. The van der Waals surface area contributed by atoms with Crippen molar-refractivity contribution in [3.63, 3.8) is 0 Å². The topological polar surface area (TPSA) is 49.4 Å². The van der Waals surface area contributed by atoms with Crippen molar-refractivity contribution in [3.05, 3.63) is 34.9 Å². The van der Waals surface area contributed by atoms with E-state index in [2.05, 4.69) is 5.32 Å². The second-order valence-corrected chi connectivity index (χ2v) is 7.56. The van der Waals surface area contributed by atoms with Gasteiger partial charge in [-0.1, -0.05) is 50.6 Å². The molecule has 2 amide bonds. The Morgan fingerprint density at radius 1 is 1.30 bits per heavy atom. The highest BCUT2D eigenvalue weighted by molar-refractivity contribution is 6.31. The van der Waals surface area contributed by atoms with Gasteiger partial charge in [0.2, 0.25) is 11.8 Å². The number of carbonyl (C=O) groups excluding carboxylic acids is 2. The molecule has 0 aromatic heterocycles. The summed E-state index contributed by atoms with van der Waals surface area (Å²) in [5, 5.41) is 3.60. The van der Waals surface area contributed by atoms with Crippen molar-refractivity contribution in [3.8, 4) is 0 Å². The van der Waals surface area contributed by atoms with Crippen LogP contribution in [0.5, 0.6) is 0 Å². The molecule has 0 bridgehead atoms. The summed E-state index contributed by atoms with van der Waals surface area (Å²) < 4.78 is 0. The summed E-state index contributed by atoms with van der Waals surface area (Å²) in [6, 6.07) is 7.48. The van der Waals surface area contributed by atoms with Crippen molar-refractivity contribution in [1.82, 2.24) is 10.2 Å². The first-order chi connectivity index (χ1) is 10.8. The largest absolute Gasteiger partial charge is 0.352 e. The molecular formula is C18H25ClN2O2. The maximum absolute atomic E-state index is 12.4. The van der Waals surface area contributed by atoms with Crippen LogP contribution in [0.25, 0.3) is 0 Å². The van der Waals surface area contributed by atoms with Gasteiger partial charge in [-0.15, -0.1) is 0 Å². The minimum absolute atomic E-state index is 0.00340. The fraction of sp³-hybridized carbons (Fsp3) is 0.556. The average molecular weight is 337 g/mol. The second-order valence-electron chi connectivity index (χ2n) is 7.15. The third-order valence-corrected chi connectivity index (χ3v) is 4.50. The van der Waals surface area contributed by atoms with Gasteiger partial charge in [0.25, 0.3) is 0 Å². The monoisotopic (exact) mass is 336 g/mol. The first kappa shape index (κ1) is 17.8. The lowest BCUT2D eigenvalue weighted by atomic mass is 9.91. The molecule has 1 fully saturated rings. The van der Waals surface area contributed by atoms with Crippen LogP contribution in [-0.2, 0) is 16.1 Å². The summed E-state index contributed by atoms with van der Waals surface area (Å²) in [6.07, 6.45) is 1.69. The van der Waals surface area contributed by atoms with E-state index in [0.717, 1.165) is 24.9 Å². The molecule has 2 rings (SSSR count). The van der Waals surface area contributed by atoms with Crippen molar-refractivity contribution in [2.45, 2.75) is 40.2 Å². The van der Waals surface area contributed by atoms with Gasteiger partial charge in [-0.05, 0) is 24.5 Å². The molecule has 1 aromatic carbocycles. The minimum Gasteiger partial charge on any atom is -0.352 e. The van der Waals surface area contributed by atoms with Crippen LogP contribution in [0.3, 0.4) is 0 Å². The number of nitrogens with one attached hydrogen (secondary N) is 1. The van der Waals surface area contributed by atoms with Gasteiger partial charge in [0.05, 0.1) is 5.92 Å². The molecule has 0 unspecified atom stereocenters. The first-order valence-electron chi connectivity index (χ1n) is 8.09. The fourth-order valence-corrected chi connectivity index (χ4v) is 3.02. The Balaban J connectivity index is 1.92. The van der Waals surface area contributed by atoms with Crippen LogP contribution in [-0.4, -0.2) is 29.8 Å². The summed E-state index contributed by atoms with van der Waals surface area (Å²) in [5.41, 5.74) is 0.497. The van der Waals surface area contributed by atoms with Crippen molar-refractivity contribution in [2.24, 2.45) is 11.3 Å². The number of piperidine rings is 1. The molecule has 1 aliphatic rings. The summed E-state index contributed by atoms with van der Waals surface area (Å²) in [7, 11) is 0. The Hall–Kier alpha value is -1.55. The Kier molecular flexibility index (Phi) is 5.69. The van der Waals surface area contributed by atoms with Crippen LogP contribution in [0.15, 0.2) is 24.3 Å². The first-order valence-corrected chi connectivity index (χ1v) is 8.47. The smallest absolute Gasteiger partial charge is 0.227 e. The van der Waals surface area contributed by atoms with E-state index in [1.54, 1.807) is 0 Å². The number of nitrogens with zero attached hydrogens (tertiary/aromatic N) is 1. The van der Waals surface area contributed by atoms with Gasteiger partial charge in [-0.2, -0.15) is 0 Å². The SMILES string of the molecule is CC(C)(C)C(=O)N1CCC[C@@H](C(=O)NCc2ccccc2Cl)C1. The van der Waals surface area contributed by atoms with Crippen molar-refractivity contribution in [1.29, 1.82) is 0 Å². The Morgan fingerprint density at radius 3 is 2.65 bits per heavy atom. The molecule has 0 saturated carbocycles.